The van der Waals surface area contributed by atoms with Gasteiger partial charge in [-0.25, -0.2) is 0 Å². The summed E-state index contributed by atoms with van der Waals surface area (Å²) in [6, 6.07) is 8.82. The van der Waals surface area contributed by atoms with Gasteiger partial charge >= 0.3 is 0 Å². The van der Waals surface area contributed by atoms with Crippen molar-refractivity contribution in [3.8, 4) is 0 Å². The molecule has 0 bridgehead atoms. The summed E-state index contributed by atoms with van der Waals surface area (Å²) in [5, 5.41) is 3.39. The highest BCUT2D eigenvalue weighted by Crippen LogP contribution is 2.19. The predicted octanol–water partition coefficient (Wildman–Crippen LogP) is 2.36. The molecule has 1 amide bonds. The highest BCUT2D eigenvalue weighted by atomic mass is 32.2. The lowest BCUT2D eigenvalue weighted by molar-refractivity contribution is -0.125. The Morgan fingerprint density at radius 3 is 2.72 bits per heavy atom. The van der Waals surface area contributed by atoms with Gasteiger partial charge in [0.05, 0.1) is 5.75 Å². The fourth-order valence-electron chi connectivity index (χ4n) is 1.34. The van der Waals surface area contributed by atoms with E-state index in [-0.39, 0.29) is 5.91 Å². The molecule has 18 heavy (non-hydrogen) atoms. The average molecular weight is 266 g/mol. The Hall–Kier alpha value is -1.00. The Labute approximate surface area is 114 Å². The second kappa shape index (κ2) is 7.44. The maximum atomic E-state index is 11.5. The Bertz CT molecular complexity index is 391. The normalized spacial score (nSPS) is 10.7. The van der Waals surface area contributed by atoms with Crippen LogP contribution >= 0.6 is 11.8 Å². The first-order valence-corrected chi connectivity index (χ1v) is 7.13. The molecule has 0 spiro atoms. The van der Waals surface area contributed by atoms with Crippen LogP contribution in [0.2, 0.25) is 0 Å². The van der Waals surface area contributed by atoms with E-state index in [0.717, 1.165) is 11.4 Å². The monoisotopic (exact) mass is 266 g/mol. The van der Waals surface area contributed by atoms with Gasteiger partial charge in [0.1, 0.15) is 0 Å². The van der Waals surface area contributed by atoms with Crippen LogP contribution in [0.5, 0.6) is 0 Å². The standard InChI is InChI=1S/C14H22N2OS/c1-11(2)15-9-12-6-5-7-13(8-12)18-10-14(17)16(3)4/h5-8,11,15H,9-10H2,1-4H3. The Kier molecular flexibility index (Phi) is 6.22. The number of carbonyl (C=O) groups excluding carboxylic acids is 1. The zero-order chi connectivity index (χ0) is 13.5. The Morgan fingerprint density at radius 2 is 2.11 bits per heavy atom. The highest BCUT2D eigenvalue weighted by molar-refractivity contribution is 8.00. The summed E-state index contributed by atoms with van der Waals surface area (Å²) in [5.74, 6) is 0.638. The van der Waals surface area contributed by atoms with Gasteiger partial charge in [-0.3, -0.25) is 4.79 Å². The first kappa shape index (κ1) is 15.1. The van der Waals surface area contributed by atoms with Gasteiger partial charge in [-0.2, -0.15) is 0 Å². The molecule has 1 aromatic rings. The van der Waals surface area contributed by atoms with Crippen LogP contribution in [0, 0.1) is 0 Å². The topological polar surface area (TPSA) is 32.3 Å². The molecule has 0 unspecified atom stereocenters. The summed E-state index contributed by atoms with van der Waals surface area (Å²) in [6.45, 7) is 5.14. The van der Waals surface area contributed by atoms with E-state index >= 15 is 0 Å². The molecule has 0 radical (unpaired) electrons. The molecule has 4 heteroatoms. The summed E-state index contributed by atoms with van der Waals surface area (Å²) in [7, 11) is 3.57. The summed E-state index contributed by atoms with van der Waals surface area (Å²) in [4.78, 5) is 14.3. The molecule has 0 saturated heterocycles. The Morgan fingerprint density at radius 1 is 1.39 bits per heavy atom. The number of hydrogen-bond acceptors (Lipinski definition) is 3. The van der Waals surface area contributed by atoms with E-state index in [1.807, 2.05) is 12.1 Å². The van der Waals surface area contributed by atoms with Crippen LogP contribution < -0.4 is 5.32 Å². The van der Waals surface area contributed by atoms with Gasteiger partial charge in [0, 0.05) is 31.6 Å². The average Bonchev–Trinajstić information content (AvgIpc) is 2.33. The molecule has 0 atom stereocenters. The molecule has 0 fully saturated rings. The van der Waals surface area contributed by atoms with Crippen molar-refractivity contribution in [2.45, 2.75) is 31.3 Å². The van der Waals surface area contributed by atoms with Gasteiger partial charge in [0.25, 0.3) is 0 Å². The molecule has 0 aromatic heterocycles. The van der Waals surface area contributed by atoms with Crippen LogP contribution in [-0.2, 0) is 11.3 Å². The molecule has 1 rings (SSSR count). The minimum Gasteiger partial charge on any atom is -0.348 e. The lowest BCUT2D eigenvalue weighted by Gasteiger charge is -2.11. The molecular formula is C14H22N2OS. The van der Waals surface area contributed by atoms with E-state index in [0.29, 0.717) is 11.8 Å². The Balaban J connectivity index is 2.51. The fraction of sp³-hybridized carbons (Fsp3) is 0.500. The predicted molar refractivity (Wildman–Crippen MR) is 77.8 cm³/mol. The smallest absolute Gasteiger partial charge is 0.232 e. The number of hydrogen-bond donors (Lipinski definition) is 1. The minimum absolute atomic E-state index is 0.144. The van der Waals surface area contributed by atoms with Gasteiger partial charge in [-0.1, -0.05) is 26.0 Å². The third-order valence-corrected chi connectivity index (χ3v) is 3.45. The van der Waals surface area contributed by atoms with Gasteiger partial charge in [0.15, 0.2) is 0 Å². The fourth-order valence-corrected chi connectivity index (χ4v) is 2.30. The lowest BCUT2D eigenvalue weighted by atomic mass is 10.2. The highest BCUT2D eigenvalue weighted by Gasteiger charge is 2.05. The number of thioether (sulfide) groups is 1. The zero-order valence-electron chi connectivity index (χ0n) is 11.6. The van der Waals surface area contributed by atoms with Crippen LogP contribution in [0.3, 0.4) is 0 Å². The SMILES string of the molecule is CC(C)NCc1cccc(SCC(=O)N(C)C)c1. The summed E-state index contributed by atoms with van der Waals surface area (Å²) in [5.41, 5.74) is 1.26. The summed E-state index contributed by atoms with van der Waals surface area (Å²) >= 11 is 1.59. The molecule has 1 N–H and O–H groups in total. The molecule has 0 saturated carbocycles. The third-order valence-electron chi connectivity index (χ3n) is 2.47. The number of amides is 1. The quantitative estimate of drug-likeness (QED) is 0.802. The zero-order valence-corrected chi connectivity index (χ0v) is 12.4. The van der Waals surface area contributed by atoms with Crippen LogP contribution in [-0.4, -0.2) is 36.7 Å². The van der Waals surface area contributed by atoms with Crippen molar-refractivity contribution in [1.29, 1.82) is 0 Å². The van der Waals surface area contributed by atoms with E-state index in [1.165, 1.54) is 5.56 Å². The van der Waals surface area contributed by atoms with Crippen molar-refractivity contribution >= 4 is 17.7 Å². The van der Waals surface area contributed by atoms with Crippen molar-refractivity contribution in [3.63, 3.8) is 0 Å². The maximum Gasteiger partial charge on any atom is 0.232 e. The summed E-state index contributed by atoms with van der Waals surface area (Å²) in [6.07, 6.45) is 0. The van der Waals surface area contributed by atoms with E-state index in [2.05, 4.69) is 31.3 Å². The first-order chi connectivity index (χ1) is 8.49. The van der Waals surface area contributed by atoms with Crippen molar-refractivity contribution in [3.05, 3.63) is 29.8 Å². The number of carbonyl (C=O) groups is 1. The lowest BCUT2D eigenvalue weighted by Crippen LogP contribution is -2.23. The van der Waals surface area contributed by atoms with Crippen LogP contribution in [0.1, 0.15) is 19.4 Å². The van der Waals surface area contributed by atoms with Gasteiger partial charge in [-0.15, -0.1) is 11.8 Å². The van der Waals surface area contributed by atoms with Crippen molar-refractivity contribution in [1.82, 2.24) is 10.2 Å². The maximum absolute atomic E-state index is 11.5. The van der Waals surface area contributed by atoms with E-state index in [4.69, 9.17) is 0 Å². The number of nitrogens with zero attached hydrogens (tertiary/aromatic N) is 1. The van der Waals surface area contributed by atoms with Crippen molar-refractivity contribution in [2.75, 3.05) is 19.8 Å². The van der Waals surface area contributed by atoms with Gasteiger partial charge in [-0.05, 0) is 17.7 Å². The number of rotatable bonds is 6. The van der Waals surface area contributed by atoms with E-state index in [9.17, 15) is 4.79 Å². The second-order valence-electron chi connectivity index (χ2n) is 4.76. The van der Waals surface area contributed by atoms with E-state index < -0.39 is 0 Å². The van der Waals surface area contributed by atoms with Crippen molar-refractivity contribution < 1.29 is 4.79 Å². The van der Waals surface area contributed by atoms with Crippen LogP contribution in [0.25, 0.3) is 0 Å². The van der Waals surface area contributed by atoms with Crippen molar-refractivity contribution in [2.24, 2.45) is 0 Å². The molecule has 3 nitrogen and oxygen atoms in total. The molecular weight excluding hydrogens is 244 g/mol. The largest absolute Gasteiger partial charge is 0.348 e. The summed E-state index contributed by atoms with van der Waals surface area (Å²) < 4.78 is 0. The minimum atomic E-state index is 0.144. The van der Waals surface area contributed by atoms with Gasteiger partial charge in [0.2, 0.25) is 5.91 Å². The molecule has 0 aliphatic rings. The first-order valence-electron chi connectivity index (χ1n) is 6.14. The number of nitrogens with one attached hydrogen (secondary N) is 1. The number of benzene rings is 1. The van der Waals surface area contributed by atoms with Crippen LogP contribution in [0.4, 0.5) is 0 Å². The van der Waals surface area contributed by atoms with E-state index in [1.54, 1.807) is 30.8 Å². The van der Waals surface area contributed by atoms with Crippen LogP contribution in [0.15, 0.2) is 29.2 Å². The second-order valence-corrected chi connectivity index (χ2v) is 5.81. The molecule has 0 aliphatic carbocycles. The molecule has 0 aliphatic heterocycles. The molecule has 0 heterocycles. The molecule has 100 valence electrons. The van der Waals surface area contributed by atoms with Gasteiger partial charge < -0.3 is 10.2 Å². The molecule has 1 aromatic carbocycles. The third kappa shape index (κ3) is 5.56.